The summed E-state index contributed by atoms with van der Waals surface area (Å²) in [5.41, 5.74) is 3.44. The molecule has 0 radical (unpaired) electrons. The van der Waals surface area contributed by atoms with E-state index in [-0.39, 0.29) is 24.0 Å². The van der Waals surface area contributed by atoms with Crippen molar-refractivity contribution in [2.45, 2.75) is 39.8 Å². The van der Waals surface area contributed by atoms with Crippen molar-refractivity contribution in [1.82, 2.24) is 10.2 Å². The number of nitrogens with one attached hydrogen (secondary N) is 1. The van der Waals surface area contributed by atoms with E-state index in [1.807, 2.05) is 44.9 Å². The second-order valence-electron chi connectivity index (χ2n) is 8.15. The first-order chi connectivity index (χ1) is 13.4. The highest BCUT2D eigenvalue weighted by molar-refractivity contribution is 5.79. The van der Waals surface area contributed by atoms with Gasteiger partial charge in [-0.1, -0.05) is 37.3 Å². The Morgan fingerprint density at radius 1 is 1.04 bits per heavy atom. The lowest BCUT2D eigenvalue weighted by Crippen LogP contribution is -2.50. The summed E-state index contributed by atoms with van der Waals surface area (Å²) in [6.45, 7) is 10.1. The fraction of sp³-hybridized carbons (Fsp3) is 0.458. The molecular formula is C24H32N2O2. The highest BCUT2D eigenvalue weighted by Gasteiger charge is 2.32. The summed E-state index contributed by atoms with van der Waals surface area (Å²) in [5.74, 6) is 1.62. The lowest BCUT2D eigenvalue weighted by atomic mass is 9.87. The van der Waals surface area contributed by atoms with E-state index in [4.69, 9.17) is 4.74 Å². The number of carbonyl (C=O) groups excluding carboxylic acids is 1. The molecule has 0 bridgehead atoms. The molecule has 0 spiro atoms. The van der Waals surface area contributed by atoms with Crippen LogP contribution in [-0.4, -0.2) is 37.0 Å². The molecule has 0 saturated carbocycles. The van der Waals surface area contributed by atoms with Crippen molar-refractivity contribution in [3.63, 3.8) is 0 Å². The Hall–Kier alpha value is -2.33. The lowest BCUT2D eigenvalue weighted by molar-refractivity contribution is -0.138. The van der Waals surface area contributed by atoms with Crippen molar-refractivity contribution in [1.29, 1.82) is 0 Å². The van der Waals surface area contributed by atoms with Crippen LogP contribution in [0.1, 0.15) is 39.3 Å². The number of hydrogen-bond donors (Lipinski definition) is 1. The van der Waals surface area contributed by atoms with E-state index in [2.05, 4.69) is 48.6 Å². The van der Waals surface area contributed by atoms with Gasteiger partial charge in [-0.25, -0.2) is 0 Å². The van der Waals surface area contributed by atoms with Crippen LogP contribution in [0.25, 0.3) is 11.1 Å². The van der Waals surface area contributed by atoms with Crippen LogP contribution < -0.4 is 10.1 Å². The number of rotatable bonds is 7. The predicted molar refractivity (Wildman–Crippen MR) is 114 cm³/mol. The van der Waals surface area contributed by atoms with E-state index in [9.17, 15) is 4.79 Å². The van der Waals surface area contributed by atoms with Crippen molar-refractivity contribution >= 4 is 5.91 Å². The summed E-state index contributed by atoms with van der Waals surface area (Å²) >= 11 is 0. The Balaban J connectivity index is 1.73. The van der Waals surface area contributed by atoms with Crippen LogP contribution in [0.3, 0.4) is 0 Å². The minimum absolute atomic E-state index is 0.0338. The molecule has 0 aromatic heterocycles. The highest BCUT2D eigenvalue weighted by Crippen LogP contribution is 2.29. The quantitative estimate of drug-likeness (QED) is 0.768. The Kier molecular flexibility index (Phi) is 6.40. The minimum atomic E-state index is 0.0338. The molecule has 1 heterocycles. The summed E-state index contributed by atoms with van der Waals surface area (Å²) in [6.07, 6.45) is 0.168. The zero-order valence-electron chi connectivity index (χ0n) is 17.6. The van der Waals surface area contributed by atoms with Gasteiger partial charge in [0.25, 0.3) is 0 Å². The van der Waals surface area contributed by atoms with E-state index in [0.717, 1.165) is 35.5 Å². The Bertz CT molecular complexity index is 797. The first-order valence-corrected chi connectivity index (χ1v) is 10.2. The molecule has 2 unspecified atom stereocenters. The van der Waals surface area contributed by atoms with Crippen LogP contribution in [0.4, 0.5) is 0 Å². The van der Waals surface area contributed by atoms with Crippen LogP contribution in [0.15, 0.2) is 48.5 Å². The second kappa shape index (κ2) is 8.78. The molecule has 2 atom stereocenters. The van der Waals surface area contributed by atoms with Crippen molar-refractivity contribution < 1.29 is 9.53 Å². The molecule has 1 amide bonds. The van der Waals surface area contributed by atoms with Crippen LogP contribution in [0, 0.1) is 11.8 Å². The molecule has 2 aromatic carbocycles. The average molecular weight is 381 g/mol. The second-order valence-corrected chi connectivity index (χ2v) is 8.15. The SMILES string of the molecule is CC(C)Oc1ccc(-c2cccc(C(C)N(C)C(=O)C(C)C3CNC3)c2)cc1. The van der Waals surface area contributed by atoms with Gasteiger partial charge in [-0.05, 0) is 74.7 Å². The van der Waals surface area contributed by atoms with Crippen LogP contribution in [0.2, 0.25) is 0 Å². The third kappa shape index (κ3) is 4.56. The number of amides is 1. The van der Waals surface area contributed by atoms with Crippen molar-refractivity contribution in [3.05, 3.63) is 54.1 Å². The van der Waals surface area contributed by atoms with Crippen molar-refractivity contribution in [2.75, 3.05) is 20.1 Å². The van der Waals surface area contributed by atoms with Gasteiger partial charge >= 0.3 is 0 Å². The number of ether oxygens (including phenoxy) is 1. The molecule has 28 heavy (non-hydrogen) atoms. The maximum atomic E-state index is 12.9. The van der Waals surface area contributed by atoms with E-state index < -0.39 is 0 Å². The van der Waals surface area contributed by atoms with Gasteiger partial charge in [0.1, 0.15) is 5.75 Å². The number of benzene rings is 2. The third-order valence-electron chi connectivity index (χ3n) is 5.77. The van der Waals surface area contributed by atoms with Gasteiger partial charge in [0.05, 0.1) is 12.1 Å². The van der Waals surface area contributed by atoms with E-state index in [0.29, 0.717) is 5.92 Å². The first kappa shape index (κ1) is 20.4. The highest BCUT2D eigenvalue weighted by atomic mass is 16.5. The molecule has 4 heteroatoms. The van der Waals surface area contributed by atoms with Gasteiger partial charge < -0.3 is 15.0 Å². The zero-order chi connectivity index (χ0) is 20.3. The smallest absolute Gasteiger partial charge is 0.226 e. The summed E-state index contributed by atoms with van der Waals surface area (Å²) in [5, 5.41) is 3.26. The van der Waals surface area contributed by atoms with E-state index >= 15 is 0 Å². The molecule has 2 aromatic rings. The summed E-state index contributed by atoms with van der Waals surface area (Å²) in [7, 11) is 1.92. The molecule has 1 fully saturated rings. The number of carbonyl (C=O) groups is 1. The molecule has 1 aliphatic rings. The van der Waals surface area contributed by atoms with Crippen LogP contribution >= 0.6 is 0 Å². The zero-order valence-corrected chi connectivity index (χ0v) is 17.6. The molecule has 1 saturated heterocycles. The van der Waals surface area contributed by atoms with Gasteiger partial charge in [0.15, 0.2) is 0 Å². The molecule has 150 valence electrons. The monoisotopic (exact) mass is 380 g/mol. The van der Waals surface area contributed by atoms with E-state index in [1.54, 1.807) is 0 Å². The fourth-order valence-electron chi connectivity index (χ4n) is 3.58. The molecule has 4 nitrogen and oxygen atoms in total. The van der Waals surface area contributed by atoms with Crippen molar-refractivity contribution in [3.8, 4) is 16.9 Å². The van der Waals surface area contributed by atoms with Gasteiger partial charge in [0.2, 0.25) is 5.91 Å². The summed E-state index contributed by atoms with van der Waals surface area (Å²) in [6, 6.07) is 16.7. The van der Waals surface area contributed by atoms with Crippen molar-refractivity contribution in [2.24, 2.45) is 11.8 Å². The number of nitrogens with zero attached hydrogens (tertiary/aromatic N) is 1. The lowest BCUT2D eigenvalue weighted by Gasteiger charge is -2.36. The molecule has 0 aliphatic carbocycles. The van der Waals surface area contributed by atoms with Gasteiger partial charge in [-0.15, -0.1) is 0 Å². The van der Waals surface area contributed by atoms with Gasteiger partial charge in [0, 0.05) is 13.0 Å². The van der Waals surface area contributed by atoms with E-state index in [1.165, 1.54) is 0 Å². The third-order valence-corrected chi connectivity index (χ3v) is 5.77. The topological polar surface area (TPSA) is 41.6 Å². The Morgan fingerprint density at radius 2 is 1.71 bits per heavy atom. The summed E-state index contributed by atoms with van der Waals surface area (Å²) in [4.78, 5) is 14.7. The molecule has 3 rings (SSSR count). The summed E-state index contributed by atoms with van der Waals surface area (Å²) < 4.78 is 5.73. The minimum Gasteiger partial charge on any atom is -0.491 e. The maximum absolute atomic E-state index is 12.9. The molecule has 1 aliphatic heterocycles. The molecular weight excluding hydrogens is 348 g/mol. The van der Waals surface area contributed by atoms with Gasteiger partial charge in [-0.2, -0.15) is 0 Å². The van der Waals surface area contributed by atoms with Crippen LogP contribution in [0.5, 0.6) is 5.75 Å². The normalized spacial score (nSPS) is 16.4. The standard InChI is InChI=1S/C24H32N2O2/c1-16(2)28-23-11-9-19(10-12-23)21-8-6-7-20(13-21)18(4)26(5)24(27)17(3)22-14-25-15-22/h6-13,16-18,22,25H,14-15H2,1-5H3. The Labute approximate surface area is 168 Å². The number of hydrogen-bond acceptors (Lipinski definition) is 3. The average Bonchev–Trinajstić information content (AvgIpc) is 2.65. The van der Waals surface area contributed by atoms with Gasteiger partial charge in [-0.3, -0.25) is 4.79 Å². The maximum Gasteiger partial charge on any atom is 0.226 e. The fourth-order valence-corrected chi connectivity index (χ4v) is 3.58. The predicted octanol–water partition coefficient (Wildman–Crippen LogP) is 4.52. The molecule has 1 N–H and O–H groups in total. The Morgan fingerprint density at radius 3 is 2.29 bits per heavy atom. The largest absolute Gasteiger partial charge is 0.491 e. The van der Waals surface area contributed by atoms with Crippen LogP contribution in [-0.2, 0) is 4.79 Å². The first-order valence-electron chi connectivity index (χ1n) is 10.2.